The number of rotatable bonds is 5. The van der Waals surface area contributed by atoms with Crippen LogP contribution in [0.25, 0.3) is 0 Å². The van der Waals surface area contributed by atoms with E-state index in [0.717, 1.165) is 0 Å². The Bertz CT molecular complexity index is 311. The highest BCUT2D eigenvalue weighted by Crippen LogP contribution is 1.99. The third kappa shape index (κ3) is 2.81. The summed E-state index contributed by atoms with van der Waals surface area (Å²) in [5.41, 5.74) is 0. The van der Waals surface area contributed by atoms with Gasteiger partial charge in [0.2, 0.25) is 11.8 Å². The molecule has 1 heterocycles. The fourth-order valence-electron chi connectivity index (χ4n) is 0.830. The largest absolute Gasteiger partial charge is 0.480 e. The number of aliphatic carboxylic acids is 1. The quantitative estimate of drug-likeness (QED) is 0.704. The van der Waals surface area contributed by atoms with Crippen LogP contribution in [0.5, 0.6) is 0 Å². The Kier molecular flexibility index (Phi) is 3.58. The zero-order valence-electron chi connectivity index (χ0n) is 8.15. The van der Waals surface area contributed by atoms with E-state index in [1.165, 1.54) is 0 Å². The van der Waals surface area contributed by atoms with Crippen LogP contribution in [0.2, 0.25) is 0 Å². The second-order valence-electron chi connectivity index (χ2n) is 2.88. The van der Waals surface area contributed by atoms with Crippen molar-refractivity contribution in [2.45, 2.75) is 32.9 Å². The van der Waals surface area contributed by atoms with Gasteiger partial charge in [-0.05, 0) is 6.92 Å². The Balaban J connectivity index is 2.41. The van der Waals surface area contributed by atoms with Gasteiger partial charge in [-0.2, -0.15) is 0 Å². The minimum absolute atomic E-state index is 0.278. The van der Waals surface area contributed by atoms with Crippen LogP contribution in [-0.4, -0.2) is 27.3 Å². The molecule has 14 heavy (non-hydrogen) atoms. The number of nitrogens with zero attached hydrogens (tertiary/aromatic N) is 2. The van der Waals surface area contributed by atoms with Gasteiger partial charge in [-0.1, -0.05) is 6.92 Å². The Hall–Kier alpha value is -1.43. The molecule has 0 saturated heterocycles. The molecule has 1 aromatic heterocycles. The molecule has 0 bridgehead atoms. The SMILES string of the molecule is CCc1nnc(CN[C@H](C)C(=O)O)o1. The highest BCUT2D eigenvalue weighted by atomic mass is 16.4. The molecule has 2 N–H and O–H groups in total. The molecule has 0 aliphatic heterocycles. The Morgan fingerprint density at radius 2 is 2.21 bits per heavy atom. The van der Waals surface area contributed by atoms with Crippen molar-refractivity contribution in [3.05, 3.63) is 11.8 Å². The standard InChI is InChI=1S/C8H13N3O3/c1-3-6-10-11-7(14-6)4-9-5(2)8(12)13/h5,9H,3-4H2,1-2H3,(H,12,13)/t5-/m1/s1. The predicted octanol–water partition coefficient (Wildman–Crippen LogP) is 0.195. The second kappa shape index (κ2) is 4.71. The van der Waals surface area contributed by atoms with Crippen LogP contribution in [0.3, 0.4) is 0 Å². The number of aryl methyl sites for hydroxylation is 1. The lowest BCUT2D eigenvalue weighted by Crippen LogP contribution is -2.33. The van der Waals surface area contributed by atoms with Crippen LogP contribution in [0.4, 0.5) is 0 Å². The fraction of sp³-hybridized carbons (Fsp3) is 0.625. The monoisotopic (exact) mass is 199 g/mol. The molecule has 0 fully saturated rings. The van der Waals surface area contributed by atoms with Crippen LogP contribution in [-0.2, 0) is 17.8 Å². The van der Waals surface area contributed by atoms with Crippen LogP contribution in [0.1, 0.15) is 25.6 Å². The summed E-state index contributed by atoms with van der Waals surface area (Å²) in [6.07, 6.45) is 0.682. The number of carboxylic acid groups (broad SMARTS) is 1. The highest BCUT2D eigenvalue weighted by molar-refractivity contribution is 5.72. The van der Waals surface area contributed by atoms with Crippen molar-refractivity contribution in [2.75, 3.05) is 0 Å². The fourth-order valence-corrected chi connectivity index (χ4v) is 0.830. The lowest BCUT2D eigenvalue weighted by molar-refractivity contribution is -0.139. The van der Waals surface area contributed by atoms with Gasteiger partial charge in [0.1, 0.15) is 6.04 Å². The molecule has 78 valence electrons. The minimum Gasteiger partial charge on any atom is -0.480 e. The molecule has 0 aliphatic carbocycles. The van der Waals surface area contributed by atoms with Crippen molar-refractivity contribution >= 4 is 5.97 Å². The summed E-state index contributed by atoms with van der Waals surface area (Å²) >= 11 is 0. The van der Waals surface area contributed by atoms with Crippen LogP contribution < -0.4 is 5.32 Å². The van der Waals surface area contributed by atoms with E-state index in [2.05, 4.69) is 15.5 Å². The lowest BCUT2D eigenvalue weighted by Gasteiger charge is -2.05. The summed E-state index contributed by atoms with van der Waals surface area (Å²) in [6, 6.07) is -0.619. The van der Waals surface area contributed by atoms with Crippen molar-refractivity contribution in [3.8, 4) is 0 Å². The summed E-state index contributed by atoms with van der Waals surface area (Å²) in [4.78, 5) is 10.5. The first-order chi connectivity index (χ1) is 6.63. The van der Waals surface area contributed by atoms with Gasteiger partial charge < -0.3 is 9.52 Å². The number of aromatic nitrogens is 2. The average molecular weight is 199 g/mol. The van der Waals surface area contributed by atoms with Gasteiger partial charge in [-0.25, -0.2) is 0 Å². The minimum atomic E-state index is -0.903. The maximum Gasteiger partial charge on any atom is 0.320 e. The van der Waals surface area contributed by atoms with E-state index in [9.17, 15) is 4.79 Å². The molecular formula is C8H13N3O3. The summed E-state index contributed by atoms with van der Waals surface area (Å²) in [7, 11) is 0. The summed E-state index contributed by atoms with van der Waals surface area (Å²) in [5, 5.41) is 18.8. The van der Waals surface area contributed by atoms with E-state index in [-0.39, 0.29) is 6.54 Å². The number of hydrogen-bond donors (Lipinski definition) is 2. The lowest BCUT2D eigenvalue weighted by atomic mass is 10.3. The van der Waals surface area contributed by atoms with Crippen LogP contribution in [0, 0.1) is 0 Å². The van der Waals surface area contributed by atoms with E-state index in [1.807, 2.05) is 6.92 Å². The van der Waals surface area contributed by atoms with Crippen molar-refractivity contribution < 1.29 is 14.3 Å². The molecule has 6 nitrogen and oxygen atoms in total. The second-order valence-corrected chi connectivity index (χ2v) is 2.88. The normalized spacial score (nSPS) is 12.7. The van der Waals surface area contributed by atoms with E-state index < -0.39 is 12.0 Å². The molecule has 0 aromatic carbocycles. The summed E-state index contributed by atoms with van der Waals surface area (Å²) in [6.45, 7) is 3.74. The van der Waals surface area contributed by atoms with Gasteiger partial charge in [0.25, 0.3) is 0 Å². The zero-order valence-corrected chi connectivity index (χ0v) is 8.15. The summed E-state index contributed by atoms with van der Waals surface area (Å²) in [5.74, 6) is 0.0694. The first kappa shape index (κ1) is 10.6. The molecule has 0 saturated carbocycles. The molecule has 0 aliphatic rings. The molecule has 1 atom stereocenters. The first-order valence-corrected chi connectivity index (χ1v) is 4.41. The summed E-state index contributed by atoms with van der Waals surface area (Å²) < 4.78 is 5.19. The third-order valence-electron chi connectivity index (χ3n) is 1.74. The number of carbonyl (C=O) groups is 1. The smallest absolute Gasteiger partial charge is 0.320 e. The van der Waals surface area contributed by atoms with Gasteiger partial charge >= 0.3 is 5.97 Å². The topological polar surface area (TPSA) is 88.2 Å². The molecule has 0 spiro atoms. The Morgan fingerprint density at radius 1 is 1.57 bits per heavy atom. The number of hydrogen-bond acceptors (Lipinski definition) is 5. The van der Waals surface area contributed by atoms with Gasteiger partial charge in [0, 0.05) is 6.42 Å². The third-order valence-corrected chi connectivity index (χ3v) is 1.74. The zero-order chi connectivity index (χ0) is 10.6. The van der Waals surface area contributed by atoms with Gasteiger partial charge in [0.15, 0.2) is 0 Å². The van der Waals surface area contributed by atoms with E-state index in [0.29, 0.717) is 18.2 Å². The van der Waals surface area contributed by atoms with Gasteiger partial charge in [-0.15, -0.1) is 10.2 Å². The maximum atomic E-state index is 10.5. The molecule has 0 unspecified atom stereocenters. The van der Waals surface area contributed by atoms with Crippen LogP contribution in [0.15, 0.2) is 4.42 Å². The Morgan fingerprint density at radius 3 is 2.71 bits per heavy atom. The Labute approximate surface area is 81.3 Å². The van der Waals surface area contributed by atoms with E-state index >= 15 is 0 Å². The predicted molar refractivity (Wildman–Crippen MR) is 47.6 cm³/mol. The molecular weight excluding hydrogens is 186 g/mol. The van der Waals surface area contributed by atoms with Crippen molar-refractivity contribution in [3.63, 3.8) is 0 Å². The van der Waals surface area contributed by atoms with Gasteiger partial charge in [-0.3, -0.25) is 10.1 Å². The molecule has 1 rings (SSSR count). The molecule has 0 amide bonds. The highest BCUT2D eigenvalue weighted by Gasteiger charge is 2.11. The molecule has 6 heteroatoms. The number of nitrogens with one attached hydrogen (secondary N) is 1. The number of carboxylic acids is 1. The van der Waals surface area contributed by atoms with Crippen LogP contribution >= 0.6 is 0 Å². The molecule has 1 aromatic rings. The van der Waals surface area contributed by atoms with Gasteiger partial charge in [0.05, 0.1) is 6.54 Å². The van der Waals surface area contributed by atoms with E-state index in [1.54, 1.807) is 6.92 Å². The molecule has 0 radical (unpaired) electrons. The first-order valence-electron chi connectivity index (χ1n) is 4.41. The van der Waals surface area contributed by atoms with E-state index in [4.69, 9.17) is 9.52 Å². The average Bonchev–Trinajstić information content (AvgIpc) is 2.61. The van der Waals surface area contributed by atoms with Crippen molar-refractivity contribution in [1.29, 1.82) is 0 Å². The maximum absolute atomic E-state index is 10.5. The van der Waals surface area contributed by atoms with Crippen molar-refractivity contribution in [1.82, 2.24) is 15.5 Å². The van der Waals surface area contributed by atoms with Crippen molar-refractivity contribution in [2.24, 2.45) is 0 Å².